The summed E-state index contributed by atoms with van der Waals surface area (Å²) in [4.78, 5) is 33.1. The first kappa shape index (κ1) is 26.1. The van der Waals surface area contributed by atoms with Gasteiger partial charge in [0, 0.05) is 29.2 Å². The van der Waals surface area contributed by atoms with Crippen LogP contribution in [0.4, 0.5) is 5.69 Å². The number of ether oxygens (including phenoxy) is 1. The molecule has 4 aromatic rings. The molecule has 2 N–H and O–H groups in total. The summed E-state index contributed by atoms with van der Waals surface area (Å²) in [7, 11) is 0. The van der Waals surface area contributed by atoms with Crippen molar-refractivity contribution in [3.8, 4) is 11.1 Å². The number of carboxylic acid groups (broad SMARTS) is 1. The van der Waals surface area contributed by atoms with Gasteiger partial charge in [-0.05, 0) is 56.2 Å². The number of amides is 1. The van der Waals surface area contributed by atoms with Gasteiger partial charge in [0.15, 0.2) is 12.0 Å². The average molecular weight is 524 g/mol. The Bertz CT molecular complexity index is 1580. The predicted molar refractivity (Wildman–Crippen MR) is 151 cm³/mol. The molecule has 8 nitrogen and oxygen atoms in total. The quantitative estimate of drug-likeness (QED) is 0.277. The number of hydrogen-bond acceptors (Lipinski definition) is 6. The average Bonchev–Trinajstić information content (AvgIpc) is 3.29. The summed E-state index contributed by atoms with van der Waals surface area (Å²) in [5, 5.41) is 13.0. The molecule has 1 aliphatic heterocycles. The molecule has 0 bridgehead atoms. The second-order valence-electron chi connectivity index (χ2n) is 10.1. The summed E-state index contributed by atoms with van der Waals surface area (Å²) in [6.45, 7) is 5.18. The summed E-state index contributed by atoms with van der Waals surface area (Å²) in [6, 6.07) is 19.6. The highest BCUT2D eigenvalue weighted by atomic mass is 16.5. The van der Waals surface area contributed by atoms with E-state index >= 15 is 0 Å². The first-order valence-corrected chi connectivity index (χ1v) is 12.7. The lowest BCUT2D eigenvalue weighted by atomic mass is 9.95. The number of aliphatic imine (C=N–C) groups is 1. The number of carboxylic acids is 1. The SMILES string of the molecule is Cc1c(C(=O)Nc2ccc(C3=CCC(OCC(C)(C)C(=O)O)N=C3)nc2)oc2ccc(-c3ccccc3)cc12. The van der Waals surface area contributed by atoms with Crippen molar-refractivity contribution in [1.29, 1.82) is 0 Å². The molecule has 2 aromatic carbocycles. The Morgan fingerprint density at radius 1 is 1.10 bits per heavy atom. The van der Waals surface area contributed by atoms with E-state index in [1.54, 1.807) is 38.4 Å². The topological polar surface area (TPSA) is 114 Å². The molecule has 198 valence electrons. The van der Waals surface area contributed by atoms with Crippen LogP contribution in [-0.4, -0.2) is 41.0 Å². The molecule has 0 saturated heterocycles. The number of nitrogens with zero attached hydrogens (tertiary/aromatic N) is 2. The molecule has 0 saturated carbocycles. The fraction of sp³-hybridized carbons (Fsp3) is 0.226. The highest BCUT2D eigenvalue weighted by Gasteiger charge is 2.29. The number of benzene rings is 2. The minimum atomic E-state index is -0.979. The van der Waals surface area contributed by atoms with Gasteiger partial charge < -0.3 is 19.6 Å². The van der Waals surface area contributed by atoms with E-state index in [2.05, 4.69) is 15.3 Å². The van der Waals surface area contributed by atoms with Crippen LogP contribution in [0.2, 0.25) is 0 Å². The molecule has 1 amide bonds. The number of hydrogen-bond donors (Lipinski definition) is 2. The Hall–Kier alpha value is -4.56. The molecule has 1 atom stereocenters. The second kappa shape index (κ2) is 10.7. The summed E-state index contributed by atoms with van der Waals surface area (Å²) in [5.74, 6) is -0.997. The number of aromatic nitrogens is 1. The smallest absolute Gasteiger partial charge is 0.311 e. The molecule has 0 fully saturated rings. The number of carbonyl (C=O) groups is 2. The molecule has 1 aliphatic rings. The van der Waals surface area contributed by atoms with E-state index in [-0.39, 0.29) is 18.3 Å². The Morgan fingerprint density at radius 2 is 1.90 bits per heavy atom. The van der Waals surface area contributed by atoms with E-state index in [1.165, 1.54) is 0 Å². The maximum atomic E-state index is 13.0. The molecule has 39 heavy (non-hydrogen) atoms. The molecule has 3 heterocycles. The van der Waals surface area contributed by atoms with Crippen molar-refractivity contribution in [2.75, 3.05) is 11.9 Å². The third kappa shape index (κ3) is 5.66. The zero-order valence-corrected chi connectivity index (χ0v) is 22.0. The standard InChI is InChI=1S/C31H29N3O5/c1-19-24-15-21(20-7-5-4-6-8-20)9-13-26(24)39-28(19)29(35)34-23-11-12-25(32-17-23)22-10-14-27(33-16-22)38-18-31(2,3)30(36)37/h4-13,15-17,27H,14,18H2,1-3H3,(H,34,35)(H,36,37). The molecule has 2 aromatic heterocycles. The zero-order valence-electron chi connectivity index (χ0n) is 22.0. The van der Waals surface area contributed by atoms with Crippen LogP contribution < -0.4 is 5.32 Å². The number of anilines is 1. The summed E-state index contributed by atoms with van der Waals surface area (Å²) in [6.07, 6.45) is 5.30. The lowest BCUT2D eigenvalue weighted by molar-refractivity contribution is -0.151. The largest absolute Gasteiger partial charge is 0.481 e. The Balaban J connectivity index is 1.23. The van der Waals surface area contributed by atoms with Crippen LogP contribution in [0.1, 0.15) is 42.1 Å². The molecule has 0 aliphatic carbocycles. The normalized spacial score (nSPS) is 15.3. The van der Waals surface area contributed by atoms with Gasteiger partial charge in [0.1, 0.15) is 5.58 Å². The number of aryl methyl sites for hydroxylation is 1. The third-order valence-electron chi connectivity index (χ3n) is 6.70. The van der Waals surface area contributed by atoms with E-state index in [1.807, 2.05) is 61.5 Å². The fourth-order valence-corrected chi connectivity index (χ4v) is 4.23. The number of rotatable bonds is 8. The number of pyridine rings is 1. The van der Waals surface area contributed by atoms with Crippen LogP contribution in [0, 0.1) is 12.3 Å². The van der Waals surface area contributed by atoms with Crippen molar-refractivity contribution in [3.05, 3.63) is 90.0 Å². The number of furan rings is 1. The fourth-order valence-electron chi connectivity index (χ4n) is 4.23. The molecule has 8 heteroatoms. The van der Waals surface area contributed by atoms with Crippen molar-refractivity contribution >= 4 is 40.3 Å². The first-order valence-electron chi connectivity index (χ1n) is 12.7. The van der Waals surface area contributed by atoms with E-state index in [9.17, 15) is 14.7 Å². The predicted octanol–water partition coefficient (Wildman–Crippen LogP) is 6.37. The highest BCUT2D eigenvalue weighted by molar-refractivity contribution is 6.10. The number of aliphatic carboxylic acids is 1. The summed E-state index contributed by atoms with van der Waals surface area (Å²) < 4.78 is 11.6. The van der Waals surface area contributed by atoms with Crippen LogP contribution in [0.5, 0.6) is 0 Å². The van der Waals surface area contributed by atoms with Gasteiger partial charge in [0.05, 0.1) is 29.6 Å². The molecule has 5 rings (SSSR count). The highest BCUT2D eigenvalue weighted by Crippen LogP contribution is 2.31. The van der Waals surface area contributed by atoms with Crippen LogP contribution in [-0.2, 0) is 9.53 Å². The number of fused-ring (bicyclic) bond motifs is 1. The molecule has 1 unspecified atom stereocenters. The van der Waals surface area contributed by atoms with Gasteiger partial charge in [0.2, 0.25) is 0 Å². The van der Waals surface area contributed by atoms with Gasteiger partial charge in [-0.3, -0.25) is 19.6 Å². The van der Waals surface area contributed by atoms with Gasteiger partial charge >= 0.3 is 5.97 Å². The monoisotopic (exact) mass is 523 g/mol. The lowest BCUT2D eigenvalue weighted by Gasteiger charge is -2.23. The Morgan fingerprint density at radius 3 is 2.56 bits per heavy atom. The van der Waals surface area contributed by atoms with E-state index in [4.69, 9.17) is 9.15 Å². The van der Waals surface area contributed by atoms with Crippen molar-refractivity contribution in [3.63, 3.8) is 0 Å². The van der Waals surface area contributed by atoms with E-state index < -0.39 is 17.6 Å². The number of nitrogens with one attached hydrogen (secondary N) is 1. The minimum Gasteiger partial charge on any atom is -0.481 e. The molecular formula is C31H29N3O5. The number of allylic oxidation sites excluding steroid dienone is 1. The molecular weight excluding hydrogens is 494 g/mol. The van der Waals surface area contributed by atoms with Crippen molar-refractivity contribution in [2.45, 2.75) is 33.4 Å². The van der Waals surface area contributed by atoms with Crippen LogP contribution in [0.3, 0.4) is 0 Å². The van der Waals surface area contributed by atoms with Crippen LogP contribution in [0.15, 0.2) is 82.3 Å². The Kier molecular flexibility index (Phi) is 7.13. The van der Waals surface area contributed by atoms with E-state index in [0.29, 0.717) is 23.4 Å². The first-order chi connectivity index (χ1) is 18.7. The molecule has 0 radical (unpaired) electrons. The van der Waals surface area contributed by atoms with Crippen LogP contribution in [0.25, 0.3) is 27.7 Å². The maximum Gasteiger partial charge on any atom is 0.311 e. The van der Waals surface area contributed by atoms with Crippen molar-refractivity contribution in [1.82, 2.24) is 4.98 Å². The third-order valence-corrected chi connectivity index (χ3v) is 6.70. The number of dihydropyridines is 1. The van der Waals surface area contributed by atoms with Crippen molar-refractivity contribution < 1.29 is 23.8 Å². The minimum absolute atomic E-state index is 0.0685. The number of carbonyl (C=O) groups excluding carboxylic acids is 1. The van der Waals surface area contributed by atoms with Gasteiger partial charge in [-0.15, -0.1) is 0 Å². The molecule has 0 spiro atoms. The summed E-state index contributed by atoms with van der Waals surface area (Å²) >= 11 is 0. The van der Waals surface area contributed by atoms with Gasteiger partial charge in [0.25, 0.3) is 5.91 Å². The Labute approximate surface area is 226 Å². The van der Waals surface area contributed by atoms with Gasteiger partial charge in [-0.25, -0.2) is 0 Å². The van der Waals surface area contributed by atoms with Crippen molar-refractivity contribution in [2.24, 2.45) is 10.4 Å². The second-order valence-corrected chi connectivity index (χ2v) is 10.1. The van der Waals surface area contributed by atoms with Crippen LogP contribution >= 0.6 is 0 Å². The van der Waals surface area contributed by atoms with Gasteiger partial charge in [-0.2, -0.15) is 0 Å². The summed E-state index contributed by atoms with van der Waals surface area (Å²) in [5.41, 5.74) is 4.68. The van der Waals surface area contributed by atoms with Gasteiger partial charge in [-0.1, -0.05) is 42.5 Å². The maximum absolute atomic E-state index is 13.0. The van der Waals surface area contributed by atoms with E-state index in [0.717, 1.165) is 27.6 Å². The lowest BCUT2D eigenvalue weighted by Crippen LogP contribution is -2.31. The zero-order chi connectivity index (χ0) is 27.6.